The summed E-state index contributed by atoms with van der Waals surface area (Å²) in [5.74, 6) is -0.451. The lowest BCUT2D eigenvalue weighted by atomic mass is 10.2. The molecule has 0 atom stereocenters. The van der Waals surface area contributed by atoms with E-state index in [0.717, 1.165) is 6.07 Å². The summed E-state index contributed by atoms with van der Waals surface area (Å²) in [4.78, 5) is 0. The van der Waals surface area contributed by atoms with Crippen molar-refractivity contribution in [2.45, 2.75) is 6.18 Å². The molecule has 7 heteroatoms. The molecule has 0 unspecified atom stereocenters. The van der Waals surface area contributed by atoms with E-state index in [4.69, 9.17) is 33.7 Å². The predicted molar refractivity (Wildman–Crippen MR) is 72.4 cm³/mol. The lowest BCUT2D eigenvalue weighted by molar-refractivity contribution is -0.138. The van der Waals surface area contributed by atoms with Gasteiger partial charge in [0.2, 0.25) is 0 Å². The molecule has 0 aliphatic carbocycles. The van der Waals surface area contributed by atoms with Gasteiger partial charge in [-0.25, -0.2) is 0 Å². The molecule has 2 N–H and O–H groups in total. The molecule has 0 amide bonds. The third kappa shape index (κ3) is 3.11. The van der Waals surface area contributed by atoms with Crippen LogP contribution in [0.2, 0.25) is 10.0 Å². The summed E-state index contributed by atoms with van der Waals surface area (Å²) in [6.07, 6.45) is -4.54. The van der Waals surface area contributed by atoms with E-state index in [1.165, 1.54) is 30.3 Å². The number of halogens is 5. The summed E-state index contributed by atoms with van der Waals surface area (Å²) in [5, 5.41) is 0.0685. The maximum Gasteiger partial charge on any atom is 0.419 e. The van der Waals surface area contributed by atoms with Crippen LogP contribution < -0.4 is 10.5 Å². The Morgan fingerprint density at radius 3 is 2.10 bits per heavy atom. The molecule has 106 valence electrons. The molecule has 0 radical (unpaired) electrons. The van der Waals surface area contributed by atoms with E-state index in [1.807, 2.05) is 0 Å². The minimum atomic E-state index is -4.54. The van der Waals surface area contributed by atoms with Gasteiger partial charge in [-0.1, -0.05) is 35.3 Å². The Kier molecular flexibility index (Phi) is 4.01. The summed E-state index contributed by atoms with van der Waals surface area (Å²) in [5.41, 5.74) is 4.89. The Bertz CT molecular complexity index is 621. The Labute approximate surface area is 122 Å². The first-order valence-electron chi connectivity index (χ1n) is 5.37. The van der Waals surface area contributed by atoms with E-state index in [1.54, 1.807) is 0 Å². The smallest absolute Gasteiger partial charge is 0.419 e. The Morgan fingerprint density at radius 1 is 1.00 bits per heavy atom. The number of anilines is 1. The molecule has 0 heterocycles. The fourth-order valence-corrected chi connectivity index (χ4v) is 2.16. The highest BCUT2D eigenvalue weighted by atomic mass is 35.5. The van der Waals surface area contributed by atoms with Gasteiger partial charge in [-0.05, 0) is 24.3 Å². The number of hydrogen-bond acceptors (Lipinski definition) is 2. The molecule has 2 aromatic carbocycles. The van der Waals surface area contributed by atoms with Crippen molar-refractivity contribution in [3.8, 4) is 11.5 Å². The second-order valence-electron chi connectivity index (χ2n) is 3.91. The highest BCUT2D eigenvalue weighted by Gasteiger charge is 2.34. The first-order chi connectivity index (χ1) is 9.29. The van der Waals surface area contributed by atoms with Gasteiger partial charge >= 0.3 is 6.18 Å². The summed E-state index contributed by atoms with van der Waals surface area (Å²) >= 11 is 11.8. The van der Waals surface area contributed by atoms with Gasteiger partial charge in [0.25, 0.3) is 0 Å². The number of nitrogens with two attached hydrogens (primary N) is 1. The van der Waals surface area contributed by atoms with Crippen LogP contribution in [-0.4, -0.2) is 0 Å². The number of nitrogen functional groups attached to an aromatic ring is 1. The van der Waals surface area contributed by atoms with Crippen LogP contribution in [0.15, 0.2) is 36.4 Å². The quantitative estimate of drug-likeness (QED) is 0.753. The highest BCUT2D eigenvalue weighted by molar-refractivity contribution is 6.37. The van der Waals surface area contributed by atoms with E-state index in [0.29, 0.717) is 0 Å². The maximum atomic E-state index is 12.9. The zero-order chi connectivity index (χ0) is 14.9. The van der Waals surface area contributed by atoms with Crippen molar-refractivity contribution in [1.82, 2.24) is 0 Å². The van der Waals surface area contributed by atoms with Gasteiger partial charge in [-0.15, -0.1) is 0 Å². The van der Waals surface area contributed by atoms with Gasteiger partial charge < -0.3 is 10.5 Å². The molecule has 2 nitrogen and oxygen atoms in total. The van der Waals surface area contributed by atoms with Gasteiger partial charge in [-0.3, -0.25) is 0 Å². The Balaban J connectivity index is 2.46. The number of rotatable bonds is 2. The normalized spacial score (nSPS) is 11.4. The Morgan fingerprint density at radius 2 is 1.55 bits per heavy atom. The van der Waals surface area contributed by atoms with E-state index >= 15 is 0 Å². The number of alkyl halides is 3. The molecule has 0 saturated heterocycles. The van der Waals surface area contributed by atoms with Crippen molar-refractivity contribution in [3.05, 3.63) is 52.0 Å². The Hall–Kier alpha value is -1.59. The average molecular weight is 322 g/mol. The van der Waals surface area contributed by atoms with Crippen LogP contribution in [-0.2, 0) is 6.18 Å². The van der Waals surface area contributed by atoms with Gasteiger partial charge in [0.05, 0.1) is 15.6 Å². The van der Waals surface area contributed by atoms with E-state index in [9.17, 15) is 13.2 Å². The van der Waals surface area contributed by atoms with E-state index in [-0.39, 0.29) is 27.2 Å². The second kappa shape index (κ2) is 5.42. The van der Waals surface area contributed by atoms with Crippen LogP contribution in [0, 0.1) is 0 Å². The topological polar surface area (TPSA) is 35.2 Å². The second-order valence-corrected chi connectivity index (χ2v) is 4.72. The summed E-state index contributed by atoms with van der Waals surface area (Å²) in [7, 11) is 0. The van der Waals surface area contributed by atoms with Gasteiger partial charge in [0.1, 0.15) is 5.75 Å². The summed E-state index contributed by atoms with van der Waals surface area (Å²) in [6.45, 7) is 0. The molecule has 0 aromatic heterocycles. The zero-order valence-corrected chi connectivity index (χ0v) is 11.4. The fourth-order valence-electron chi connectivity index (χ4n) is 1.58. The molecule has 0 aliphatic rings. The first-order valence-corrected chi connectivity index (χ1v) is 6.13. The van der Waals surface area contributed by atoms with Crippen LogP contribution in [0.4, 0.5) is 18.9 Å². The van der Waals surface area contributed by atoms with Crippen molar-refractivity contribution in [2.24, 2.45) is 0 Å². The highest BCUT2D eigenvalue weighted by Crippen LogP contribution is 2.42. The number of benzene rings is 2. The van der Waals surface area contributed by atoms with Crippen molar-refractivity contribution in [3.63, 3.8) is 0 Å². The molecule has 20 heavy (non-hydrogen) atoms. The largest absolute Gasteiger partial charge is 0.454 e. The standard InChI is InChI=1S/C13H8Cl2F3NO/c14-9-5-7(19)6-10(15)12(9)20-11-4-2-1-3-8(11)13(16,17)18/h1-6H,19H2. The minimum Gasteiger partial charge on any atom is -0.454 e. The third-order valence-corrected chi connectivity index (χ3v) is 2.99. The predicted octanol–water partition coefficient (Wildman–Crippen LogP) is 5.39. The van der Waals surface area contributed by atoms with Crippen LogP contribution in [0.25, 0.3) is 0 Å². The van der Waals surface area contributed by atoms with Gasteiger partial charge in [-0.2, -0.15) is 13.2 Å². The van der Waals surface area contributed by atoms with Crippen LogP contribution in [0.5, 0.6) is 11.5 Å². The average Bonchev–Trinajstić information content (AvgIpc) is 2.33. The molecule has 0 fully saturated rings. The summed E-state index contributed by atoms with van der Waals surface area (Å²) in [6, 6.07) is 7.48. The van der Waals surface area contributed by atoms with Crippen LogP contribution >= 0.6 is 23.2 Å². The fraction of sp³-hybridized carbons (Fsp3) is 0.0769. The van der Waals surface area contributed by atoms with Crippen LogP contribution in [0.3, 0.4) is 0 Å². The van der Waals surface area contributed by atoms with Crippen molar-refractivity contribution in [1.29, 1.82) is 0 Å². The lowest BCUT2D eigenvalue weighted by Gasteiger charge is -2.15. The molecular weight excluding hydrogens is 314 g/mol. The monoisotopic (exact) mass is 321 g/mol. The number of hydrogen-bond donors (Lipinski definition) is 1. The molecule has 0 aliphatic heterocycles. The van der Waals surface area contributed by atoms with E-state index in [2.05, 4.69) is 0 Å². The zero-order valence-electron chi connectivity index (χ0n) is 9.84. The summed E-state index contributed by atoms with van der Waals surface area (Å²) < 4.78 is 43.8. The van der Waals surface area contributed by atoms with Crippen molar-refractivity contribution in [2.75, 3.05) is 5.73 Å². The van der Waals surface area contributed by atoms with Crippen LogP contribution in [0.1, 0.15) is 5.56 Å². The number of ether oxygens (including phenoxy) is 1. The van der Waals surface area contributed by atoms with Crippen molar-refractivity contribution < 1.29 is 17.9 Å². The third-order valence-electron chi connectivity index (χ3n) is 2.43. The van der Waals surface area contributed by atoms with E-state index < -0.39 is 11.7 Å². The molecule has 0 spiro atoms. The van der Waals surface area contributed by atoms with Gasteiger partial charge in [0, 0.05) is 5.69 Å². The van der Waals surface area contributed by atoms with Crippen molar-refractivity contribution >= 4 is 28.9 Å². The molecule has 2 rings (SSSR count). The minimum absolute atomic E-state index is 0.0342. The first kappa shape index (κ1) is 14.8. The molecular formula is C13H8Cl2F3NO. The maximum absolute atomic E-state index is 12.9. The molecule has 0 bridgehead atoms. The number of para-hydroxylation sites is 1. The molecule has 0 saturated carbocycles. The SMILES string of the molecule is Nc1cc(Cl)c(Oc2ccccc2C(F)(F)F)c(Cl)c1. The molecule has 2 aromatic rings. The lowest BCUT2D eigenvalue weighted by Crippen LogP contribution is -2.07. The van der Waals surface area contributed by atoms with Gasteiger partial charge in [0.15, 0.2) is 5.75 Å².